The third-order valence-electron chi connectivity index (χ3n) is 7.93. The van der Waals surface area contributed by atoms with Gasteiger partial charge in [0.25, 0.3) is 0 Å². The zero-order chi connectivity index (χ0) is 16.6. The van der Waals surface area contributed by atoms with Gasteiger partial charge in [-0.1, -0.05) is 20.8 Å². The molecule has 2 unspecified atom stereocenters. The van der Waals surface area contributed by atoms with Crippen molar-refractivity contribution in [2.45, 2.75) is 86.2 Å². The molecule has 4 fully saturated rings. The largest absolute Gasteiger partial charge is 0.459 e. The summed E-state index contributed by atoms with van der Waals surface area (Å²) in [6.45, 7) is 14.8. The molecule has 2 nitrogen and oxygen atoms in total. The highest BCUT2D eigenvalue weighted by Gasteiger charge is 2.63. The summed E-state index contributed by atoms with van der Waals surface area (Å²) in [7, 11) is 0. The summed E-state index contributed by atoms with van der Waals surface area (Å²) in [4.78, 5) is 12.9. The first-order chi connectivity index (χ1) is 9.88. The Morgan fingerprint density at radius 3 is 1.82 bits per heavy atom. The lowest BCUT2D eigenvalue weighted by atomic mass is 9.61. The Kier molecular flexibility index (Phi) is 3.35. The Labute approximate surface area is 136 Å². The highest BCUT2D eigenvalue weighted by Crippen LogP contribution is 2.68. The number of rotatable bonds is 3. The van der Waals surface area contributed by atoms with E-state index < -0.39 is 5.41 Å². The fourth-order valence-corrected chi connectivity index (χ4v) is 5.32. The Balaban J connectivity index is 1.79. The Hall–Kier alpha value is -0.530. The molecule has 2 atom stereocenters. The quantitative estimate of drug-likeness (QED) is 0.669. The lowest BCUT2D eigenvalue weighted by molar-refractivity contribution is -0.192. The van der Waals surface area contributed by atoms with Crippen molar-refractivity contribution in [1.29, 1.82) is 0 Å². The van der Waals surface area contributed by atoms with Crippen molar-refractivity contribution < 1.29 is 9.53 Å². The summed E-state index contributed by atoms with van der Waals surface area (Å²) < 4.78 is 6.22. The number of carbonyl (C=O) groups excluding carboxylic acids is 1. The van der Waals surface area contributed by atoms with E-state index in [4.69, 9.17) is 4.74 Å². The van der Waals surface area contributed by atoms with Crippen LogP contribution in [-0.4, -0.2) is 11.6 Å². The first kappa shape index (κ1) is 16.3. The molecule has 0 aromatic carbocycles. The lowest BCUT2D eigenvalue weighted by Crippen LogP contribution is -2.52. The molecule has 0 heterocycles. The van der Waals surface area contributed by atoms with Crippen molar-refractivity contribution in [3.63, 3.8) is 0 Å². The van der Waals surface area contributed by atoms with E-state index in [1.165, 1.54) is 32.1 Å². The van der Waals surface area contributed by atoms with Gasteiger partial charge < -0.3 is 4.74 Å². The normalized spacial score (nSPS) is 37.7. The molecule has 0 saturated heterocycles. The first-order valence-electron chi connectivity index (χ1n) is 9.11. The van der Waals surface area contributed by atoms with Gasteiger partial charge in [0.1, 0.15) is 5.60 Å². The molecule has 0 spiro atoms. The van der Waals surface area contributed by atoms with Crippen LogP contribution in [0.4, 0.5) is 0 Å². The maximum Gasteiger partial charge on any atom is 0.312 e. The summed E-state index contributed by atoms with van der Waals surface area (Å²) in [5.41, 5.74) is -0.646. The van der Waals surface area contributed by atoms with Gasteiger partial charge in [-0.05, 0) is 83.0 Å². The fraction of sp³-hybridized carbons (Fsp3) is 0.950. The first-order valence-corrected chi connectivity index (χ1v) is 9.11. The fourth-order valence-electron chi connectivity index (χ4n) is 5.32. The van der Waals surface area contributed by atoms with Gasteiger partial charge in [0.2, 0.25) is 0 Å². The SMILES string of the molecule is CC(C)(C)C(C)(C)C(=O)OC(C)(C)C12CC3CC(C1)C(C3)C2. The van der Waals surface area contributed by atoms with E-state index in [9.17, 15) is 4.79 Å². The van der Waals surface area contributed by atoms with Gasteiger partial charge in [0.05, 0.1) is 5.41 Å². The van der Waals surface area contributed by atoms with Crippen LogP contribution in [0.5, 0.6) is 0 Å². The van der Waals surface area contributed by atoms with Crippen molar-refractivity contribution in [1.82, 2.24) is 0 Å². The van der Waals surface area contributed by atoms with Gasteiger partial charge in [-0.3, -0.25) is 4.79 Å². The molecule has 0 amide bonds. The predicted octanol–water partition coefficient (Wildman–Crippen LogP) is 5.21. The zero-order valence-corrected chi connectivity index (χ0v) is 15.6. The van der Waals surface area contributed by atoms with E-state index in [0.717, 1.165) is 17.8 Å². The summed E-state index contributed by atoms with van der Waals surface area (Å²) in [6, 6.07) is 0. The average Bonchev–Trinajstić information content (AvgIpc) is 2.75. The molecule has 4 saturated carbocycles. The van der Waals surface area contributed by atoms with Crippen LogP contribution in [0.2, 0.25) is 0 Å². The lowest BCUT2D eigenvalue weighted by Gasteiger charge is -2.50. The molecule has 0 radical (unpaired) electrons. The molecule has 2 heteroatoms. The summed E-state index contributed by atoms with van der Waals surface area (Å²) in [5, 5.41) is 0. The summed E-state index contributed by atoms with van der Waals surface area (Å²) in [5.74, 6) is 2.69. The van der Waals surface area contributed by atoms with Gasteiger partial charge in [-0.15, -0.1) is 0 Å². The number of esters is 1. The predicted molar refractivity (Wildman–Crippen MR) is 89.4 cm³/mol. The van der Waals surface area contributed by atoms with Crippen LogP contribution < -0.4 is 0 Å². The van der Waals surface area contributed by atoms with Crippen LogP contribution >= 0.6 is 0 Å². The molecule has 4 bridgehead atoms. The van der Waals surface area contributed by atoms with Crippen LogP contribution in [0.3, 0.4) is 0 Å². The van der Waals surface area contributed by atoms with E-state index in [1.807, 2.05) is 13.8 Å². The van der Waals surface area contributed by atoms with Gasteiger partial charge in [-0.2, -0.15) is 0 Å². The Morgan fingerprint density at radius 2 is 1.41 bits per heavy atom. The minimum atomic E-state index is -0.462. The van der Waals surface area contributed by atoms with Crippen molar-refractivity contribution in [3.8, 4) is 0 Å². The van der Waals surface area contributed by atoms with Crippen molar-refractivity contribution in [3.05, 3.63) is 0 Å². The van der Waals surface area contributed by atoms with E-state index in [-0.39, 0.29) is 22.4 Å². The maximum absolute atomic E-state index is 12.9. The zero-order valence-electron chi connectivity index (χ0n) is 15.6. The van der Waals surface area contributed by atoms with E-state index >= 15 is 0 Å². The Morgan fingerprint density at radius 1 is 0.909 bits per heavy atom. The highest BCUT2D eigenvalue weighted by molar-refractivity contribution is 5.77. The van der Waals surface area contributed by atoms with Gasteiger partial charge in [0, 0.05) is 5.41 Å². The number of ether oxygens (including phenoxy) is 1. The van der Waals surface area contributed by atoms with Crippen LogP contribution in [0, 0.1) is 34.0 Å². The topological polar surface area (TPSA) is 26.3 Å². The van der Waals surface area contributed by atoms with Crippen LogP contribution in [0.15, 0.2) is 0 Å². The molecular weight excluding hydrogens is 272 g/mol. The second-order valence-corrected chi connectivity index (χ2v) is 10.5. The second-order valence-electron chi connectivity index (χ2n) is 10.5. The van der Waals surface area contributed by atoms with Crippen molar-refractivity contribution in [2.24, 2.45) is 34.0 Å². The highest BCUT2D eigenvalue weighted by atomic mass is 16.6. The molecule has 22 heavy (non-hydrogen) atoms. The van der Waals surface area contributed by atoms with Crippen molar-refractivity contribution >= 4 is 5.97 Å². The van der Waals surface area contributed by atoms with E-state index in [0.29, 0.717) is 0 Å². The monoisotopic (exact) mass is 306 g/mol. The summed E-state index contributed by atoms with van der Waals surface area (Å²) >= 11 is 0. The molecule has 126 valence electrons. The molecule has 0 aromatic rings. The molecule has 4 aliphatic rings. The molecule has 0 N–H and O–H groups in total. The number of hydrogen-bond donors (Lipinski definition) is 0. The minimum Gasteiger partial charge on any atom is -0.459 e. The number of hydrogen-bond acceptors (Lipinski definition) is 2. The molecular formula is C20H34O2. The standard InChI is InChI=1S/C20H34O2/c1-17(2,3)18(4,5)16(21)22-19(6,7)20-10-13-8-14(11-20)15(9-13)12-20/h13-15H,8-12H2,1-7H3. The molecule has 0 aliphatic heterocycles. The average molecular weight is 306 g/mol. The third kappa shape index (κ3) is 2.16. The smallest absolute Gasteiger partial charge is 0.312 e. The van der Waals surface area contributed by atoms with Gasteiger partial charge in [-0.25, -0.2) is 0 Å². The van der Waals surface area contributed by atoms with Gasteiger partial charge >= 0.3 is 5.97 Å². The molecule has 0 aromatic heterocycles. The maximum atomic E-state index is 12.9. The number of carbonyl (C=O) groups is 1. The van der Waals surface area contributed by atoms with Crippen LogP contribution in [-0.2, 0) is 9.53 Å². The van der Waals surface area contributed by atoms with Crippen LogP contribution in [0.25, 0.3) is 0 Å². The van der Waals surface area contributed by atoms with Gasteiger partial charge in [0.15, 0.2) is 0 Å². The van der Waals surface area contributed by atoms with E-state index in [1.54, 1.807) is 0 Å². The van der Waals surface area contributed by atoms with E-state index in [2.05, 4.69) is 34.6 Å². The third-order valence-corrected chi connectivity index (χ3v) is 7.93. The minimum absolute atomic E-state index is 0.0259. The Bertz CT molecular complexity index is 461. The van der Waals surface area contributed by atoms with Crippen LogP contribution in [0.1, 0.15) is 80.6 Å². The second kappa shape index (κ2) is 4.51. The summed E-state index contributed by atoms with van der Waals surface area (Å²) in [6.07, 6.45) is 6.71. The van der Waals surface area contributed by atoms with Crippen molar-refractivity contribution in [2.75, 3.05) is 0 Å². The molecule has 4 aliphatic carbocycles. The molecule has 4 rings (SSSR count).